The van der Waals surface area contributed by atoms with Gasteiger partial charge in [-0.05, 0) is 18.2 Å². The number of halogens is 1. The molecule has 0 spiro atoms. The third-order valence-electron chi connectivity index (χ3n) is 2.24. The molecule has 1 heterocycles. The molecule has 0 atom stereocenters. The quantitative estimate of drug-likeness (QED) is 0.907. The summed E-state index contributed by atoms with van der Waals surface area (Å²) in [6.45, 7) is 0. The molecule has 2 aromatic rings. The Labute approximate surface area is 105 Å². The highest BCUT2D eigenvalue weighted by Gasteiger charge is 2.00. The zero-order chi connectivity index (χ0) is 12.3. The molecule has 2 rings (SSSR count). The van der Waals surface area contributed by atoms with Gasteiger partial charge in [0.15, 0.2) is 0 Å². The summed E-state index contributed by atoms with van der Waals surface area (Å²) in [5.41, 5.74) is 2.06. The summed E-state index contributed by atoms with van der Waals surface area (Å²) >= 11 is 5.72. The highest BCUT2D eigenvalue weighted by molar-refractivity contribution is 6.30. The Bertz CT molecular complexity index is 496. The van der Waals surface area contributed by atoms with Gasteiger partial charge >= 0.3 is 0 Å². The van der Waals surface area contributed by atoms with Gasteiger partial charge in [0.2, 0.25) is 5.95 Å². The SMILES string of the molecule is CN(C)c1cccc(Nc2ncc(Cl)cn2)c1. The fourth-order valence-corrected chi connectivity index (χ4v) is 1.47. The lowest BCUT2D eigenvalue weighted by Gasteiger charge is -2.13. The van der Waals surface area contributed by atoms with Crippen molar-refractivity contribution in [2.75, 3.05) is 24.3 Å². The molecule has 0 aliphatic heterocycles. The standard InChI is InChI=1S/C12H13ClN4/c1-17(2)11-5-3-4-10(6-11)16-12-14-7-9(13)8-15-12/h3-8H,1-2H3,(H,14,15,16). The molecule has 17 heavy (non-hydrogen) atoms. The Balaban J connectivity index is 2.18. The van der Waals surface area contributed by atoms with Gasteiger partial charge in [-0.1, -0.05) is 17.7 Å². The number of hydrogen-bond acceptors (Lipinski definition) is 4. The number of nitrogens with one attached hydrogen (secondary N) is 1. The van der Waals surface area contributed by atoms with Gasteiger partial charge in [0, 0.05) is 25.5 Å². The van der Waals surface area contributed by atoms with Gasteiger partial charge in [0.25, 0.3) is 0 Å². The summed E-state index contributed by atoms with van der Waals surface area (Å²) in [4.78, 5) is 10.2. The van der Waals surface area contributed by atoms with E-state index >= 15 is 0 Å². The lowest BCUT2D eigenvalue weighted by molar-refractivity contribution is 1.13. The Kier molecular flexibility index (Phi) is 3.44. The fourth-order valence-electron chi connectivity index (χ4n) is 1.37. The second kappa shape index (κ2) is 5.01. The minimum absolute atomic E-state index is 0.526. The maximum absolute atomic E-state index is 5.72. The van der Waals surface area contributed by atoms with Gasteiger partial charge < -0.3 is 10.2 Å². The van der Waals surface area contributed by atoms with Crippen LogP contribution in [0.2, 0.25) is 5.02 Å². The number of rotatable bonds is 3. The van der Waals surface area contributed by atoms with E-state index in [1.807, 2.05) is 43.3 Å². The molecule has 0 radical (unpaired) electrons. The first-order chi connectivity index (χ1) is 8.15. The molecule has 0 saturated carbocycles. The summed E-state index contributed by atoms with van der Waals surface area (Å²) < 4.78 is 0. The van der Waals surface area contributed by atoms with Gasteiger partial charge in [0.05, 0.1) is 17.4 Å². The van der Waals surface area contributed by atoms with Crippen molar-refractivity contribution in [3.8, 4) is 0 Å². The first-order valence-corrected chi connectivity index (χ1v) is 5.55. The van der Waals surface area contributed by atoms with Gasteiger partial charge in [-0.3, -0.25) is 0 Å². The van der Waals surface area contributed by atoms with Crippen LogP contribution in [0, 0.1) is 0 Å². The smallest absolute Gasteiger partial charge is 0.227 e. The van der Waals surface area contributed by atoms with Gasteiger partial charge in [-0.25, -0.2) is 9.97 Å². The van der Waals surface area contributed by atoms with E-state index in [0.717, 1.165) is 11.4 Å². The maximum atomic E-state index is 5.72. The van der Waals surface area contributed by atoms with Crippen LogP contribution in [0.25, 0.3) is 0 Å². The maximum Gasteiger partial charge on any atom is 0.227 e. The lowest BCUT2D eigenvalue weighted by Crippen LogP contribution is -2.08. The third-order valence-corrected chi connectivity index (χ3v) is 2.43. The van der Waals surface area contributed by atoms with Crippen molar-refractivity contribution in [3.63, 3.8) is 0 Å². The van der Waals surface area contributed by atoms with E-state index in [-0.39, 0.29) is 0 Å². The summed E-state index contributed by atoms with van der Waals surface area (Å²) in [5.74, 6) is 0.533. The van der Waals surface area contributed by atoms with Crippen molar-refractivity contribution < 1.29 is 0 Å². The summed E-state index contributed by atoms with van der Waals surface area (Å²) in [6.07, 6.45) is 3.12. The molecule has 0 aliphatic carbocycles. The van der Waals surface area contributed by atoms with E-state index < -0.39 is 0 Å². The Hall–Kier alpha value is -1.81. The van der Waals surface area contributed by atoms with Crippen LogP contribution >= 0.6 is 11.6 Å². The number of aromatic nitrogens is 2. The van der Waals surface area contributed by atoms with Crippen LogP contribution in [0.1, 0.15) is 0 Å². The first-order valence-electron chi connectivity index (χ1n) is 5.17. The molecule has 4 nitrogen and oxygen atoms in total. The normalized spacial score (nSPS) is 10.1. The highest BCUT2D eigenvalue weighted by atomic mass is 35.5. The molecule has 1 aromatic carbocycles. The summed E-state index contributed by atoms with van der Waals surface area (Å²) in [6, 6.07) is 8.00. The van der Waals surface area contributed by atoms with E-state index in [1.165, 1.54) is 0 Å². The predicted molar refractivity (Wildman–Crippen MR) is 71.1 cm³/mol. The van der Waals surface area contributed by atoms with Crippen LogP contribution < -0.4 is 10.2 Å². The van der Waals surface area contributed by atoms with Crippen LogP contribution in [-0.2, 0) is 0 Å². The van der Waals surface area contributed by atoms with Crippen LogP contribution in [0.15, 0.2) is 36.7 Å². The minimum Gasteiger partial charge on any atom is -0.378 e. The van der Waals surface area contributed by atoms with Gasteiger partial charge in [-0.15, -0.1) is 0 Å². The summed E-state index contributed by atoms with van der Waals surface area (Å²) in [7, 11) is 4.00. The largest absolute Gasteiger partial charge is 0.378 e. The third kappa shape index (κ3) is 3.07. The van der Waals surface area contributed by atoms with Crippen LogP contribution in [0.4, 0.5) is 17.3 Å². The molecule has 88 valence electrons. The molecular formula is C12H13ClN4. The molecular weight excluding hydrogens is 236 g/mol. The Morgan fingerprint density at radius 3 is 2.53 bits per heavy atom. The van der Waals surface area contributed by atoms with E-state index in [0.29, 0.717) is 11.0 Å². The molecule has 0 bridgehead atoms. The zero-order valence-corrected chi connectivity index (χ0v) is 10.4. The van der Waals surface area contributed by atoms with Crippen molar-refractivity contribution in [1.82, 2.24) is 9.97 Å². The van der Waals surface area contributed by atoms with Gasteiger partial charge in [0.1, 0.15) is 0 Å². The zero-order valence-electron chi connectivity index (χ0n) is 9.68. The summed E-state index contributed by atoms with van der Waals surface area (Å²) in [5, 5.41) is 3.64. The molecule has 0 unspecified atom stereocenters. The second-order valence-electron chi connectivity index (χ2n) is 3.79. The van der Waals surface area contributed by atoms with E-state index in [9.17, 15) is 0 Å². The number of nitrogens with zero attached hydrogens (tertiary/aromatic N) is 3. The van der Waals surface area contributed by atoms with Gasteiger partial charge in [-0.2, -0.15) is 0 Å². The van der Waals surface area contributed by atoms with Crippen LogP contribution in [0.5, 0.6) is 0 Å². The predicted octanol–water partition coefficient (Wildman–Crippen LogP) is 2.94. The Morgan fingerprint density at radius 2 is 1.88 bits per heavy atom. The Morgan fingerprint density at radius 1 is 1.18 bits per heavy atom. The van der Waals surface area contributed by atoms with Crippen molar-refractivity contribution in [2.45, 2.75) is 0 Å². The second-order valence-corrected chi connectivity index (χ2v) is 4.23. The van der Waals surface area contributed by atoms with Crippen molar-refractivity contribution in [3.05, 3.63) is 41.7 Å². The molecule has 0 saturated heterocycles. The highest BCUT2D eigenvalue weighted by Crippen LogP contribution is 2.19. The number of anilines is 3. The molecule has 0 amide bonds. The molecule has 1 aromatic heterocycles. The number of benzene rings is 1. The van der Waals surface area contributed by atoms with Crippen molar-refractivity contribution >= 4 is 28.9 Å². The average molecular weight is 249 g/mol. The fraction of sp³-hybridized carbons (Fsp3) is 0.167. The average Bonchev–Trinajstić information content (AvgIpc) is 2.32. The van der Waals surface area contributed by atoms with Crippen LogP contribution in [0.3, 0.4) is 0 Å². The molecule has 0 fully saturated rings. The van der Waals surface area contributed by atoms with Crippen molar-refractivity contribution in [1.29, 1.82) is 0 Å². The molecule has 5 heteroatoms. The molecule has 1 N–H and O–H groups in total. The minimum atomic E-state index is 0.526. The molecule has 0 aliphatic rings. The van der Waals surface area contributed by atoms with E-state index in [2.05, 4.69) is 15.3 Å². The van der Waals surface area contributed by atoms with E-state index in [1.54, 1.807) is 12.4 Å². The first kappa shape index (κ1) is 11.7. The monoisotopic (exact) mass is 248 g/mol. The lowest BCUT2D eigenvalue weighted by atomic mass is 10.2. The van der Waals surface area contributed by atoms with E-state index in [4.69, 9.17) is 11.6 Å². The topological polar surface area (TPSA) is 41.0 Å². The van der Waals surface area contributed by atoms with Crippen molar-refractivity contribution in [2.24, 2.45) is 0 Å². The van der Waals surface area contributed by atoms with Crippen LogP contribution in [-0.4, -0.2) is 24.1 Å². The number of hydrogen-bond donors (Lipinski definition) is 1.